The number of esters is 2. The maximum atomic E-state index is 12.8. The number of rotatable bonds is 46. The fraction of sp³-hybridized carbons (Fsp3) is 0.821. The third-order valence-electron chi connectivity index (χ3n) is 12.5. The largest absolute Gasteiger partial charge is 0.462 e. The van der Waals surface area contributed by atoms with Gasteiger partial charge in [0.1, 0.15) is 31.0 Å². The minimum Gasteiger partial charge on any atom is -0.462 e. The van der Waals surface area contributed by atoms with Gasteiger partial charge in [0.05, 0.1) is 13.2 Å². The van der Waals surface area contributed by atoms with Crippen LogP contribution >= 0.6 is 0 Å². The first-order valence-corrected chi connectivity index (χ1v) is 27.2. The summed E-state index contributed by atoms with van der Waals surface area (Å²) in [4.78, 5) is 25.5. The van der Waals surface area contributed by atoms with Crippen LogP contribution < -0.4 is 0 Å². The van der Waals surface area contributed by atoms with E-state index in [0.717, 1.165) is 44.9 Å². The topological polar surface area (TPSA) is 152 Å². The lowest BCUT2D eigenvalue weighted by Crippen LogP contribution is -2.59. The Hall–Kier alpha value is -2.34. The van der Waals surface area contributed by atoms with Crippen LogP contribution in [0.1, 0.15) is 239 Å². The van der Waals surface area contributed by atoms with E-state index in [1.165, 1.54) is 154 Å². The van der Waals surface area contributed by atoms with Crippen LogP contribution in [0.2, 0.25) is 0 Å². The number of allylic oxidation sites excluding steroid dienone is 8. The lowest BCUT2D eigenvalue weighted by Gasteiger charge is -2.39. The second-order valence-electron chi connectivity index (χ2n) is 18.7. The molecule has 0 spiro atoms. The molecule has 1 rings (SSSR count). The molecule has 0 aromatic heterocycles. The summed E-state index contributed by atoms with van der Waals surface area (Å²) in [5, 5.41) is 40.2. The molecule has 1 aliphatic rings. The molecule has 0 aromatic rings. The van der Waals surface area contributed by atoms with Crippen molar-refractivity contribution in [3.8, 4) is 0 Å². The molecule has 4 N–H and O–H groups in total. The fourth-order valence-corrected chi connectivity index (χ4v) is 8.18. The molecule has 0 aromatic carbocycles. The van der Waals surface area contributed by atoms with E-state index < -0.39 is 55.4 Å². The maximum Gasteiger partial charge on any atom is 0.306 e. The minimum atomic E-state index is -1.60. The van der Waals surface area contributed by atoms with Gasteiger partial charge in [0.2, 0.25) is 0 Å². The molecule has 384 valence electrons. The molecule has 1 saturated heterocycles. The molecular formula is C56H100O10. The van der Waals surface area contributed by atoms with Crippen molar-refractivity contribution in [2.45, 2.75) is 275 Å². The Morgan fingerprint density at radius 2 is 0.864 bits per heavy atom. The van der Waals surface area contributed by atoms with Crippen molar-refractivity contribution in [1.82, 2.24) is 0 Å². The number of hydrogen-bond acceptors (Lipinski definition) is 10. The first kappa shape index (κ1) is 61.7. The predicted molar refractivity (Wildman–Crippen MR) is 270 cm³/mol. The fourth-order valence-electron chi connectivity index (χ4n) is 8.18. The van der Waals surface area contributed by atoms with E-state index in [2.05, 4.69) is 62.5 Å². The van der Waals surface area contributed by atoms with E-state index in [0.29, 0.717) is 12.8 Å². The normalized spacial score (nSPS) is 19.5. The molecule has 6 atom stereocenters. The first-order chi connectivity index (χ1) is 32.3. The molecule has 0 radical (unpaired) electrons. The van der Waals surface area contributed by atoms with E-state index >= 15 is 0 Å². The Kier molecular flexibility index (Phi) is 43.4. The highest BCUT2D eigenvalue weighted by molar-refractivity contribution is 5.70. The van der Waals surface area contributed by atoms with Gasteiger partial charge in [-0.3, -0.25) is 9.59 Å². The van der Waals surface area contributed by atoms with Gasteiger partial charge in [-0.2, -0.15) is 0 Å². The molecule has 2 unspecified atom stereocenters. The summed E-state index contributed by atoms with van der Waals surface area (Å²) in [6.45, 7) is 3.40. The van der Waals surface area contributed by atoms with Crippen molar-refractivity contribution < 1.29 is 49.0 Å². The highest BCUT2D eigenvalue weighted by atomic mass is 16.7. The van der Waals surface area contributed by atoms with Gasteiger partial charge >= 0.3 is 11.9 Å². The van der Waals surface area contributed by atoms with Gasteiger partial charge in [0.15, 0.2) is 12.4 Å². The zero-order chi connectivity index (χ0) is 48.0. The van der Waals surface area contributed by atoms with E-state index in [9.17, 15) is 30.0 Å². The molecule has 1 fully saturated rings. The van der Waals surface area contributed by atoms with Crippen molar-refractivity contribution in [2.75, 3.05) is 19.8 Å². The van der Waals surface area contributed by atoms with Crippen LogP contribution in [-0.4, -0.2) is 89.0 Å². The number of carbonyl (C=O) groups excluding carboxylic acids is 2. The summed E-state index contributed by atoms with van der Waals surface area (Å²) in [5.41, 5.74) is 0. The average molecular weight is 933 g/mol. The molecule has 0 aliphatic carbocycles. The lowest BCUT2D eigenvalue weighted by molar-refractivity contribution is -0.305. The average Bonchev–Trinajstić information content (AvgIpc) is 3.32. The highest BCUT2D eigenvalue weighted by Crippen LogP contribution is 2.23. The Labute approximate surface area is 403 Å². The van der Waals surface area contributed by atoms with Crippen molar-refractivity contribution in [2.24, 2.45) is 0 Å². The van der Waals surface area contributed by atoms with Gasteiger partial charge in [-0.15, -0.1) is 0 Å². The predicted octanol–water partition coefficient (Wildman–Crippen LogP) is 13.2. The van der Waals surface area contributed by atoms with Gasteiger partial charge in [-0.1, -0.05) is 223 Å². The summed E-state index contributed by atoms with van der Waals surface area (Å²) in [7, 11) is 0. The smallest absolute Gasteiger partial charge is 0.306 e. The zero-order valence-electron chi connectivity index (χ0n) is 42.2. The van der Waals surface area contributed by atoms with Gasteiger partial charge in [-0.05, 0) is 51.4 Å². The molecule has 1 heterocycles. The van der Waals surface area contributed by atoms with Crippen LogP contribution in [-0.2, 0) is 28.5 Å². The van der Waals surface area contributed by atoms with Gasteiger partial charge in [0.25, 0.3) is 0 Å². The van der Waals surface area contributed by atoms with Crippen molar-refractivity contribution in [3.05, 3.63) is 48.6 Å². The van der Waals surface area contributed by atoms with E-state index in [4.69, 9.17) is 18.9 Å². The number of unbranched alkanes of at least 4 members (excludes halogenated alkanes) is 27. The Morgan fingerprint density at radius 3 is 1.32 bits per heavy atom. The highest BCUT2D eigenvalue weighted by Gasteiger charge is 2.44. The van der Waals surface area contributed by atoms with Crippen LogP contribution in [0.4, 0.5) is 0 Å². The Bertz CT molecular complexity index is 1210. The lowest BCUT2D eigenvalue weighted by atomic mass is 9.99. The molecule has 1 aliphatic heterocycles. The standard InChI is InChI=1S/C56H100O10/c1-3-5-7-9-11-13-15-17-19-21-23-25-27-28-30-32-34-36-38-40-42-44-51(58)63-47-49(48-64-56-55(62)54(61)53(60)50(46-57)66-56)65-52(59)45-43-41-39-37-35-33-31-29-26-24-22-20-18-16-14-12-10-8-6-4-2/h19,21,25,27,30,32,36,38,49-50,53-57,60-62H,3-18,20,22-24,26,28-29,31,33-35,37,39-48H2,1-2H3/b21-19+,27-25+,32-30+,38-36+/t49-,50-,53+,54?,55?,56-/m0/s1. The third-order valence-corrected chi connectivity index (χ3v) is 12.5. The number of carbonyl (C=O) groups is 2. The molecule has 10 heteroatoms. The summed E-state index contributed by atoms with van der Waals surface area (Å²) < 4.78 is 22.2. The quantitative estimate of drug-likeness (QED) is 0.0264. The van der Waals surface area contributed by atoms with Crippen LogP contribution in [0.3, 0.4) is 0 Å². The third kappa shape index (κ3) is 36.7. The number of aliphatic hydroxyl groups excluding tert-OH is 4. The summed E-state index contributed by atoms with van der Waals surface area (Å²) in [6, 6.07) is 0. The maximum absolute atomic E-state index is 12.8. The molecule has 10 nitrogen and oxygen atoms in total. The minimum absolute atomic E-state index is 0.200. The molecule has 0 saturated carbocycles. The van der Waals surface area contributed by atoms with E-state index in [1.807, 2.05) is 0 Å². The van der Waals surface area contributed by atoms with Crippen LogP contribution in [0.25, 0.3) is 0 Å². The van der Waals surface area contributed by atoms with Gasteiger partial charge in [0, 0.05) is 12.8 Å². The Balaban J connectivity index is 2.28. The van der Waals surface area contributed by atoms with Crippen molar-refractivity contribution in [3.63, 3.8) is 0 Å². The molecular weight excluding hydrogens is 833 g/mol. The summed E-state index contributed by atoms with van der Waals surface area (Å²) >= 11 is 0. The molecule has 66 heavy (non-hydrogen) atoms. The van der Waals surface area contributed by atoms with Gasteiger partial charge < -0.3 is 39.4 Å². The van der Waals surface area contributed by atoms with Crippen LogP contribution in [0.5, 0.6) is 0 Å². The second kappa shape index (κ2) is 46.4. The SMILES string of the molecule is CCCCCCCCC/C=C/C/C=C/C/C=C/C/C=C/CCCC(=O)OC[C@@H](CO[C@H]1O[C@@H](CO)[C@@H](O)C(O)C1O)OC(=O)CCCCCCCCCCCCCCCCCCCCCC. The van der Waals surface area contributed by atoms with Crippen molar-refractivity contribution in [1.29, 1.82) is 0 Å². The monoisotopic (exact) mass is 933 g/mol. The van der Waals surface area contributed by atoms with Gasteiger partial charge in [-0.25, -0.2) is 0 Å². The van der Waals surface area contributed by atoms with E-state index in [1.54, 1.807) is 0 Å². The van der Waals surface area contributed by atoms with E-state index in [-0.39, 0.29) is 26.1 Å². The zero-order valence-corrected chi connectivity index (χ0v) is 42.2. The number of ether oxygens (including phenoxy) is 4. The Morgan fingerprint density at radius 1 is 0.470 bits per heavy atom. The first-order valence-electron chi connectivity index (χ1n) is 27.2. The van der Waals surface area contributed by atoms with Crippen molar-refractivity contribution >= 4 is 11.9 Å². The van der Waals surface area contributed by atoms with Crippen LogP contribution in [0.15, 0.2) is 48.6 Å². The van der Waals surface area contributed by atoms with Crippen LogP contribution in [0, 0.1) is 0 Å². The summed E-state index contributed by atoms with van der Waals surface area (Å²) in [5.74, 6) is -0.863. The number of hydrogen-bond donors (Lipinski definition) is 4. The second-order valence-corrected chi connectivity index (χ2v) is 18.7. The molecule has 0 amide bonds. The molecule has 0 bridgehead atoms. The summed E-state index contributed by atoms with van der Waals surface area (Å²) in [6.07, 6.45) is 49.9. The number of aliphatic hydroxyl groups is 4.